The molecule has 3 aromatic carbocycles. The Labute approximate surface area is 206 Å². The van der Waals surface area contributed by atoms with Crippen LogP contribution < -0.4 is 16.4 Å². The normalized spacial score (nSPS) is 12.9. The maximum Gasteiger partial charge on any atom is 0.268 e. The summed E-state index contributed by atoms with van der Waals surface area (Å²) in [5.41, 5.74) is 10.4. The van der Waals surface area contributed by atoms with Crippen molar-refractivity contribution in [3.63, 3.8) is 0 Å². The SMILES string of the molecule is CCc1ccc2[nH]c(C(=O)NC(c3ccccc3)C(O)C(=O)Nc3ccc4nc(N)[nH]c4c3)cc2c1. The fourth-order valence-corrected chi connectivity index (χ4v) is 4.22. The lowest BCUT2D eigenvalue weighted by atomic mass is 10.00. The van der Waals surface area contributed by atoms with Crippen LogP contribution in [0.5, 0.6) is 0 Å². The van der Waals surface area contributed by atoms with Crippen LogP contribution in [0.1, 0.15) is 34.6 Å². The Morgan fingerprint density at radius 3 is 2.58 bits per heavy atom. The number of nitrogens with zero attached hydrogens (tertiary/aromatic N) is 1. The second-order valence-corrected chi connectivity index (χ2v) is 8.61. The largest absolute Gasteiger partial charge is 0.381 e. The van der Waals surface area contributed by atoms with E-state index in [-0.39, 0.29) is 5.95 Å². The summed E-state index contributed by atoms with van der Waals surface area (Å²) in [4.78, 5) is 36.4. The lowest BCUT2D eigenvalue weighted by Crippen LogP contribution is -2.42. The zero-order valence-corrected chi connectivity index (χ0v) is 19.6. The number of hydrogen-bond acceptors (Lipinski definition) is 5. The first-order valence-electron chi connectivity index (χ1n) is 11.6. The second-order valence-electron chi connectivity index (χ2n) is 8.61. The molecule has 2 aromatic heterocycles. The van der Waals surface area contributed by atoms with E-state index in [0.717, 1.165) is 17.3 Å². The number of nitrogen functional groups attached to an aromatic ring is 1. The van der Waals surface area contributed by atoms with Gasteiger partial charge in [-0.2, -0.15) is 0 Å². The Balaban J connectivity index is 1.38. The summed E-state index contributed by atoms with van der Waals surface area (Å²) in [5, 5.41) is 17.5. The number of rotatable bonds is 7. The maximum absolute atomic E-state index is 13.2. The van der Waals surface area contributed by atoms with Crippen molar-refractivity contribution >= 4 is 45.4 Å². The van der Waals surface area contributed by atoms with Gasteiger partial charge >= 0.3 is 0 Å². The number of fused-ring (bicyclic) bond motifs is 2. The third-order valence-corrected chi connectivity index (χ3v) is 6.14. The van der Waals surface area contributed by atoms with Crippen LogP contribution in [-0.4, -0.2) is 38.0 Å². The van der Waals surface area contributed by atoms with E-state index in [4.69, 9.17) is 5.73 Å². The number of aromatic amines is 2. The molecule has 7 N–H and O–H groups in total. The Hall–Kier alpha value is -4.63. The molecule has 182 valence electrons. The van der Waals surface area contributed by atoms with E-state index in [1.807, 2.05) is 24.3 Å². The first-order chi connectivity index (χ1) is 17.4. The van der Waals surface area contributed by atoms with Crippen LogP contribution in [0.25, 0.3) is 21.9 Å². The molecule has 0 bridgehead atoms. The van der Waals surface area contributed by atoms with Crippen molar-refractivity contribution in [1.29, 1.82) is 0 Å². The third-order valence-electron chi connectivity index (χ3n) is 6.14. The molecule has 9 heteroatoms. The molecular weight excluding hydrogens is 456 g/mol. The number of aryl methyl sites for hydroxylation is 1. The minimum Gasteiger partial charge on any atom is -0.381 e. The number of hydrogen-bond donors (Lipinski definition) is 6. The van der Waals surface area contributed by atoms with Crippen LogP contribution in [0.2, 0.25) is 0 Å². The molecular formula is C27H26N6O3. The van der Waals surface area contributed by atoms with Gasteiger partial charge in [0.2, 0.25) is 0 Å². The number of H-pyrrole nitrogens is 2. The van der Waals surface area contributed by atoms with Gasteiger partial charge in [0.05, 0.1) is 17.1 Å². The molecule has 0 aliphatic rings. The van der Waals surface area contributed by atoms with Crippen molar-refractivity contribution in [2.75, 3.05) is 11.1 Å². The van der Waals surface area contributed by atoms with Crippen molar-refractivity contribution < 1.29 is 14.7 Å². The van der Waals surface area contributed by atoms with Gasteiger partial charge in [-0.25, -0.2) is 4.98 Å². The predicted molar refractivity (Wildman–Crippen MR) is 139 cm³/mol. The topological polar surface area (TPSA) is 149 Å². The predicted octanol–water partition coefficient (Wildman–Crippen LogP) is 3.66. The summed E-state index contributed by atoms with van der Waals surface area (Å²) in [7, 11) is 0. The summed E-state index contributed by atoms with van der Waals surface area (Å²) >= 11 is 0. The Kier molecular flexibility index (Phi) is 6.14. The number of carbonyl (C=O) groups excluding carboxylic acids is 2. The number of benzene rings is 3. The molecule has 9 nitrogen and oxygen atoms in total. The van der Waals surface area contributed by atoms with E-state index < -0.39 is 24.0 Å². The van der Waals surface area contributed by atoms with Crippen LogP contribution >= 0.6 is 0 Å². The summed E-state index contributed by atoms with van der Waals surface area (Å²) in [6.07, 6.45) is -0.671. The Bertz CT molecular complexity index is 1560. The highest BCUT2D eigenvalue weighted by molar-refractivity contribution is 6.00. The van der Waals surface area contributed by atoms with Gasteiger partial charge in [-0.05, 0) is 53.9 Å². The van der Waals surface area contributed by atoms with E-state index in [9.17, 15) is 14.7 Å². The van der Waals surface area contributed by atoms with Gasteiger partial charge in [-0.15, -0.1) is 0 Å². The number of aliphatic hydroxyl groups is 1. The molecule has 5 rings (SSSR count). The van der Waals surface area contributed by atoms with Crippen molar-refractivity contribution in [2.45, 2.75) is 25.5 Å². The molecule has 0 saturated heterocycles. The van der Waals surface area contributed by atoms with Gasteiger partial charge in [-0.1, -0.05) is 43.3 Å². The van der Waals surface area contributed by atoms with Crippen molar-refractivity contribution in [2.24, 2.45) is 0 Å². The highest BCUT2D eigenvalue weighted by atomic mass is 16.3. The summed E-state index contributed by atoms with van der Waals surface area (Å²) in [6, 6.07) is 20.7. The minimum absolute atomic E-state index is 0.267. The molecule has 2 unspecified atom stereocenters. The lowest BCUT2D eigenvalue weighted by Gasteiger charge is -2.24. The first kappa shape index (κ1) is 23.1. The summed E-state index contributed by atoms with van der Waals surface area (Å²) in [5.74, 6) is -0.831. The lowest BCUT2D eigenvalue weighted by molar-refractivity contribution is -0.125. The van der Waals surface area contributed by atoms with Gasteiger partial charge in [0, 0.05) is 16.6 Å². The van der Waals surface area contributed by atoms with E-state index in [2.05, 4.69) is 32.5 Å². The maximum atomic E-state index is 13.2. The van der Waals surface area contributed by atoms with Crippen LogP contribution in [0.15, 0.2) is 72.8 Å². The van der Waals surface area contributed by atoms with Gasteiger partial charge in [0.25, 0.3) is 11.8 Å². The molecule has 2 amide bonds. The smallest absolute Gasteiger partial charge is 0.268 e. The van der Waals surface area contributed by atoms with E-state index in [1.165, 1.54) is 5.56 Å². The number of anilines is 2. The van der Waals surface area contributed by atoms with E-state index in [1.54, 1.807) is 48.5 Å². The van der Waals surface area contributed by atoms with Gasteiger partial charge in [0.1, 0.15) is 5.69 Å². The van der Waals surface area contributed by atoms with Crippen LogP contribution in [0, 0.1) is 0 Å². The fourth-order valence-electron chi connectivity index (χ4n) is 4.22. The van der Waals surface area contributed by atoms with Gasteiger partial charge in [-0.3, -0.25) is 9.59 Å². The van der Waals surface area contributed by atoms with Crippen molar-refractivity contribution in [1.82, 2.24) is 20.3 Å². The Morgan fingerprint density at radius 1 is 1.00 bits per heavy atom. The molecule has 0 saturated carbocycles. The third kappa shape index (κ3) is 4.64. The highest BCUT2D eigenvalue weighted by Crippen LogP contribution is 2.23. The molecule has 36 heavy (non-hydrogen) atoms. The number of imidazole rings is 1. The zero-order chi connectivity index (χ0) is 25.2. The molecule has 5 aromatic rings. The number of nitrogens with two attached hydrogens (primary N) is 1. The van der Waals surface area contributed by atoms with E-state index >= 15 is 0 Å². The number of aromatic nitrogens is 3. The quantitative estimate of drug-likeness (QED) is 0.209. The van der Waals surface area contributed by atoms with Crippen LogP contribution in [0.4, 0.5) is 11.6 Å². The fraction of sp³-hybridized carbons (Fsp3) is 0.148. The molecule has 0 spiro atoms. The summed E-state index contributed by atoms with van der Waals surface area (Å²) in [6.45, 7) is 2.07. The standard InChI is InChI=1S/C27H26N6O3/c1-2-15-8-10-19-17(12-15)13-22(30-19)25(35)33-23(16-6-4-3-5-7-16)24(34)26(36)29-18-9-11-20-21(14-18)32-27(28)31-20/h3-14,23-24,30,34H,2H2,1H3,(H,29,36)(H,33,35)(H3,28,31,32). The number of nitrogens with one attached hydrogen (secondary N) is 4. The molecule has 2 heterocycles. The van der Waals surface area contributed by atoms with Crippen molar-refractivity contribution in [3.8, 4) is 0 Å². The van der Waals surface area contributed by atoms with Gasteiger partial charge < -0.3 is 31.4 Å². The second kappa shape index (κ2) is 9.55. The number of carbonyl (C=O) groups is 2. The Morgan fingerprint density at radius 2 is 1.81 bits per heavy atom. The van der Waals surface area contributed by atoms with Crippen LogP contribution in [0.3, 0.4) is 0 Å². The molecule has 0 radical (unpaired) electrons. The van der Waals surface area contributed by atoms with E-state index in [0.29, 0.717) is 28.0 Å². The number of amides is 2. The van der Waals surface area contributed by atoms with Crippen LogP contribution in [-0.2, 0) is 11.2 Å². The highest BCUT2D eigenvalue weighted by Gasteiger charge is 2.30. The summed E-state index contributed by atoms with van der Waals surface area (Å²) < 4.78 is 0. The number of aliphatic hydroxyl groups excluding tert-OH is 1. The van der Waals surface area contributed by atoms with Gasteiger partial charge in [0.15, 0.2) is 12.1 Å². The molecule has 0 aliphatic carbocycles. The zero-order valence-electron chi connectivity index (χ0n) is 19.6. The average Bonchev–Trinajstić information content (AvgIpc) is 3.49. The molecule has 0 aliphatic heterocycles. The average molecular weight is 483 g/mol. The monoisotopic (exact) mass is 482 g/mol. The molecule has 2 atom stereocenters. The first-order valence-corrected chi connectivity index (χ1v) is 11.6. The molecule has 0 fully saturated rings. The van der Waals surface area contributed by atoms with Crippen molar-refractivity contribution in [3.05, 3.63) is 89.6 Å². The minimum atomic E-state index is -1.56.